The van der Waals surface area contributed by atoms with Crippen molar-refractivity contribution in [2.75, 3.05) is 32.7 Å². The van der Waals surface area contributed by atoms with E-state index in [1.165, 1.54) is 9.87 Å². The number of alkyl halides is 3. The molecule has 0 spiro atoms. The first-order chi connectivity index (χ1) is 13.7. The van der Waals surface area contributed by atoms with Crippen LogP contribution in [-0.2, 0) is 22.6 Å². The SMILES string of the molecule is O=S(=O)(c1cc(C(F)(F)F)ccc1Cl)N1CCN(CCCc2ccccc2)CC1. The monoisotopic (exact) mass is 446 g/mol. The Kier molecular flexibility index (Phi) is 6.88. The van der Waals surface area contributed by atoms with Gasteiger partial charge in [-0.3, -0.25) is 0 Å². The van der Waals surface area contributed by atoms with Crippen LogP contribution < -0.4 is 0 Å². The fourth-order valence-electron chi connectivity index (χ4n) is 3.36. The summed E-state index contributed by atoms with van der Waals surface area (Å²) in [4.78, 5) is 1.68. The highest BCUT2D eigenvalue weighted by atomic mass is 35.5. The molecule has 4 nitrogen and oxygen atoms in total. The van der Waals surface area contributed by atoms with Gasteiger partial charge >= 0.3 is 6.18 Å². The van der Waals surface area contributed by atoms with E-state index in [0.717, 1.165) is 31.5 Å². The summed E-state index contributed by atoms with van der Waals surface area (Å²) in [6.45, 7) is 2.35. The lowest BCUT2D eigenvalue weighted by molar-refractivity contribution is -0.137. The molecule has 1 heterocycles. The molecule has 1 fully saturated rings. The number of nitrogens with zero attached hydrogens (tertiary/aromatic N) is 2. The molecule has 2 aromatic rings. The molecule has 0 amide bonds. The Morgan fingerprint density at radius 3 is 2.24 bits per heavy atom. The van der Waals surface area contributed by atoms with Crippen molar-refractivity contribution in [2.45, 2.75) is 23.9 Å². The maximum absolute atomic E-state index is 13.0. The maximum Gasteiger partial charge on any atom is 0.416 e. The lowest BCUT2D eigenvalue weighted by Gasteiger charge is -2.34. The van der Waals surface area contributed by atoms with Crippen molar-refractivity contribution >= 4 is 21.6 Å². The number of halogens is 4. The predicted octanol–water partition coefficient (Wildman–Crippen LogP) is 4.30. The number of piperazine rings is 1. The molecular formula is C20H22ClF3N2O2S. The van der Waals surface area contributed by atoms with Crippen molar-refractivity contribution in [3.63, 3.8) is 0 Å². The molecule has 0 N–H and O–H groups in total. The highest BCUT2D eigenvalue weighted by Gasteiger charge is 2.35. The molecular weight excluding hydrogens is 425 g/mol. The van der Waals surface area contributed by atoms with Crippen molar-refractivity contribution in [1.29, 1.82) is 0 Å². The van der Waals surface area contributed by atoms with Gasteiger partial charge in [0.05, 0.1) is 10.6 Å². The molecule has 0 saturated carbocycles. The van der Waals surface area contributed by atoms with Crippen LogP contribution in [0.3, 0.4) is 0 Å². The number of sulfonamides is 1. The number of aryl methyl sites for hydroxylation is 1. The number of benzene rings is 2. The topological polar surface area (TPSA) is 40.6 Å². The van der Waals surface area contributed by atoms with E-state index in [-0.39, 0.29) is 18.1 Å². The van der Waals surface area contributed by atoms with Crippen LogP contribution in [0.15, 0.2) is 53.4 Å². The number of hydrogen-bond acceptors (Lipinski definition) is 3. The quantitative estimate of drug-likeness (QED) is 0.664. The van der Waals surface area contributed by atoms with E-state index in [9.17, 15) is 21.6 Å². The molecule has 1 aliphatic heterocycles. The Balaban J connectivity index is 1.60. The van der Waals surface area contributed by atoms with Crippen molar-refractivity contribution < 1.29 is 21.6 Å². The smallest absolute Gasteiger partial charge is 0.301 e. The Morgan fingerprint density at radius 1 is 0.966 bits per heavy atom. The molecule has 0 radical (unpaired) electrons. The molecule has 1 saturated heterocycles. The molecule has 0 unspecified atom stereocenters. The summed E-state index contributed by atoms with van der Waals surface area (Å²) in [6, 6.07) is 12.5. The summed E-state index contributed by atoms with van der Waals surface area (Å²) in [6.07, 6.45) is -2.73. The first-order valence-electron chi connectivity index (χ1n) is 9.31. The van der Waals surface area contributed by atoms with Crippen LogP contribution in [0.1, 0.15) is 17.5 Å². The third kappa shape index (κ3) is 5.51. The van der Waals surface area contributed by atoms with Gasteiger partial charge < -0.3 is 4.90 Å². The van der Waals surface area contributed by atoms with Gasteiger partial charge in [0.2, 0.25) is 10.0 Å². The lowest BCUT2D eigenvalue weighted by Crippen LogP contribution is -2.48. The summed E-state index contributed by atoms with van der Waals surface area (Å²) in [5, 5.41) is -0.205. The van der Waals surface area contributed by atoms with E-state index >= 15 is 0 Å². The fraction of sp³-hybridized carbons (Fsp3) is 0.400. The molecule has 0 atom stereocenters. The van der Waals surface area contributed by atoms with Crippen LogP contribution in [0, 0.1) is 0 Å². The minimum absolute atomic E-state index is 0.205. The zero-order valence-corrected chi connectivity index (χ0v) is 17.3. The zero-order chi connectivity index (χ0) is 21.1. The van der Waals surface area contributed by atoms with E-state index in [2.05, 4.69) is 17.0 Å². The van der Waals surface area contributed by atoms with E-state index in [4.69, 9.17) is 11.6 Å². The van der Waals surface area contributed by atoms with Gasteiger partial charge in [-0.2, -0.15) is 17.5 Å². The average Bonchev–Trinajstić information content (AvgIpc) is 2.68. The van der Waals surface area contributed by atoms with Crippen LogP contribution >= 0.6 is 11.6 Å². The van der Waals surface area contributed by atoms with E-state index < -0.39 is 26.7 Å². The molecule has 1 aliphatic rings. The Bertz CT molecular complexity index is 928. The Morgan fingerprint density at radius 2 is 1.62 bits per heavy atom. The summed E-state index contributed by atoms with van der Waals surface area (Å²) in [5.41, 5.74) is 0.230. The van der Waals surface area contributed by atoms with Gasteiger partial charge in [-0.15, -0.1) is 0 Å². The average molecular weight is 447 g/mol. The van der Waals surface area contributed by atoms with Gasteiger partial charge in [-0.25, -0.2) is 8.42 Å². The molecule has 158 valence electrons. The van der Waals surface area contributed by atoms with Gasteiger partial charge in [0.25, 0.3) is 0 Å². The van der Waals surface area contributed by atoms with Crippen molar-refractivity contribution in [1.82, 2.24) is 9.21 Å². The molecule has 2 aromatic carbocycles. The van der Waals surface area contributed by atoms with Crippen molar-refractivity contribution in [3.05, 3.63) is 64.7 Å². The normalized spacial score (nSPS) is 16.8. The predicted molar refractivity (Wildman–Crippen MR) is 106 cm³/mol. The largest absolute Gasteiger partial charge is 0.416 e. The first kappa shape index (κ1) is 22.1. The third-order valence-corrected chi connectivity index (χ3v) is 7.37. The van der Waals surface area contributed by atoms with Gasteiger partial charge in [-0.1, -0.05) is 41.9 Å². The molecule has 29 heavy (non-hydrogen) atoms. The summed E-state index contributed by atoms with van der Waals surface area (Å²) >= 11 is 5.92. The number of rotatable bonds is 6. The molecule has 3 rings (SSSR count). The maximum atomic E-state index is 13.0. The minimum Gasteiger partial charge on any atom is -0.301 e. The van der Waals surface area contributed by atoms with Crippen LogP contribution in [0.2, 0.25) is 5.02 Å². The van der Waals surface area contributed by atoms with Crippen LogP contribution in [0.25, 0.3) is 0 Å². The van der Waals surface area contributed by atoms with Crippen molar-refractivity contribution in [3.8, 4) is 0 Å². The van der Waals surface area contributed by atoms with Gasteiger partial charge in [-0.05, 0) is 43.1 Å². The summed E-state index contributed by atoms with van der Waals surface area (Å²) < 4.78 is 65.8. The second kappa shape index (κ2) is 9.04. The fourth-order valence-corrected chi connectivity index (χ4v) is 5.28. The van der Waals surface area contributed by atoms with E-state index in [1.54, 1.807) is 0 Å². The molecule has 0 bridgehead atoms. The summed E-state index contributed by atoms with van der Waals surface area (Å²) in [7, 11) is -4.09. The minimum atomic E-state index is -4.63. The van der Waals surface area contributed by atoms with E-state index in [0.29, 0.717) is 19.2 Å². The third-order valence-electron chi connectivity index (χ3n) is 4.99. The highest BCUT2D eigenvalue weighted by Crippen LogP contribution is 2.34. The standard InChI is InChI=1S/C20H22ClF3N2O2S/c21-18-9-8-17(20(22,23)24)15-19(18)29(27,28)26-13-11-25(12-14-26)10-4-7-16-5-2-1-3-6-16/h1-3,5-6,8-9,15H,4,7,10-14H2. The second-order valence-corrected chi connectivity index (χ2v) is 9.29. The second-order valence-electron chi connectivity index (χ2n) is 6.98. The van der Waals surface area contributed by atoms with Crippen LogP contribution in [0.5, 0.6) is 0 Å². The van der Waals surface area contributed by atoms with Crippen LogP contribution in [-0.4, -0.2) is 50.3 Å². The van der Waals surface area contributed by atoms with E-state index in [1.807, 2.05) is 18.2 Å². The lowest BCUT2D eigenvalue weighted by atomic mass is 10.1. The van der Waals surface area contributed by atoms with Gasteiger partial charge in [0.1, 0.15) is 4.90 Å². The van der Waals surface area contributed by atoms with Crippen LogP contribution in [0.4, 0.5) is 13.2 Å². The van der Waals surface area contributed by atoms with Gasteiger partial charge in [0, 0.05) is 26.2 Å². The Labute approximate surface area is 173 Å². The van der Waals surface area contributed by atoms with Gasteiger partial charge in [0.15, 0.2) is 0 Å². The number of hydrogen-bond donors (Lipinski definition) is 0. The molecule has 0 aromatic heterocycles. The molecule has 0 aliphatic carbocycles. The molecule has 9 heteroatoms. The van der Waals surface area contributed by atoms with Crippen molar-refractivity contribution in [2.24, 2.45) is 0 Å². The Hall–Kier alpha value is -1.61. The first-order valence-corrected chi connectivity index (χ1v) is 11.1. The summed E-state index contributed by atoms with van der Waals surface area (Å²) in [5.74, 6) is 0. The zero-order valence-electron chi connectivity index (χ0n) is 15.7. The highest BCUT2D eigenvalue weighted by molar-refractivity contribution is 7.89.